The summed E-state index contributed by atoms with van der Waals surface area (Å²) in [5, 5.41) is 2.99. The van der Waals surface area contributed by atoms with Crippen LogP contribution in [0, 0.1) is 11.7 Å². The number of nitrogens with zero attached hydrogens (tertiary/aromatic N) is 1. The minimum Gasteiger partial charge on any atom is -0.353 e. The van der Waals surface area contributed by atoms with E-state index in [2.05, 4.69) is 5.32 Å². The van der Waals surface area contributed by atoms with E-state index < -0.39 is 5.92 Å². The standard InChI is InChI=1S/C16H19FN2O2/c17-11-5-7-13(8-6-11)19-10-9-14(16(19)21)15(20)18-12-3-1-2-4-12/h5-8,12,14H,1-4,9-10H2,(H,18,20)/t14-/m0/s1. The molecule has 2 aliphatic rings. The van der Waals surface area contributed by atoms with Gasteiger partial charge in [-0.2, -0.15) is 0 Å². The lowest BCUT2D eigenvalue weighted by molar-refractivity contribution is -0.132. The molecule has 0 spiro atoms. The molecule has 1 saturated heterocycles. The highest BCUT2D eigenvalue weighted by Gasteiger charge is 2.38. The molecule has 2 fully saturated rings. The summed E-state index contributed by atoms with van der Waals surface area (Å²) in [6.45, 7) is 0.507. The maximum absolute atomic E-state index is 12.9. The quantitative estimate of drug-likeness (QED) is 0.868. The van der Waals surface area contributed by atoms with Gasteiger partial charge in [-0.1, -0.05) is 12.8 Å². The molecule has 3 rings (SSSR count). The summed E-state index contributed by atoms with van der Waals surface area (Å²) >= 11 is 0. The molecule has 1 saturated carbocycles. The molecule has 1 aromatic carbocycles. The Kier molecular flexibility index (Phi) is 3.90. The minimum absolute atomic E-state index is 0.156. The van der Waals surface area contributed by atoms with Crippen LogP contribution >= 0.6 is 0 Å². The molecule has 1 aromatic rings. The van der Waals surface area contributed by atoms with Crippen molar-refractivity contribution in [3.63, 3.8) is 0 Å². The molecule has 2 amide bonds. The molecule has 4 nitrogen and oxygen atoms in total. The molecule has 5 heteroatoms. The van der Waals surface area contributed by atoms with Crippen molar-refractivity contribution in [2.45, 2.75) is 38.1 Å². The zero-order chi connectivity index (χ0) is 14.8. The second-order valence-corrected chi connectivity index (χ2v) is 5.80. The summed E-state index contributed by atoms with van der Waals surface area (Å²) in [5.41, 5.74) is 0.651. The molecule has 1 N–H and O–H groups in total. The van der Waals surface area contributed by atoms with E-state index in [9.17, 15) is 14.0 Å². The average molecular weight is 290 g/mol. The lowest BCUT2D eigenvalue weighted by Gasteiger charge is -2.18. The first-order valence-corrected chi connectivity index (χ1v) is 7.52. The molecule has 0 radical (unpaired) electrons. The fraction of sp³-hybridized carbons (Fsp3) is 0.500. The summed E-state index contributed by atoms with van der Waals surface area (Å²) in [4.78, 5) is 26.2. The molecular formula is C16H19FN2O2. The number of hydrogen-bond donors (Lipinski definition) is 1. The lowest BCUT2D eigenvalue weighted by atomic mass is 10.1. The Morgan fingerprint density at radius 3 is 2.48 bits per heavy atom. The van der Waals surface area contributed by atoms with Crippen LogP contribution in [0.3, 0.4) is 0 Å². The van der Waals surface area contributed by atoms with Gasteiger partial charge in [-0.3, -0.25) is 9.59 Å². The van der Waals surface area contributed by atoms with Gasteiger partial charge in [-0.05, 0) is 43.5 Å². The van der Waals surface area contributed by atoms with E-state index in [0.717, 1.165) is 25.7 Å². The fourth-order valence-corrected chi connectivity index (χ4v) is 3.17. The van der Waals surface area contributed by atoms with Gasteiger partial charge in [0.25, 0.3) is 0 Å². The SMILES string of the molecule is O=C(NC1CCCC1)[C@@H]1CCN(c2ccc(F)cc2)C1=O. The first-order chi connectivity index (χ1) is 10.1. The zero-order valence-corrected chi connectivity index (χ0v) is 11.8. The van der Waals surface area contributed by atoms with E-state index in [-0.39, 0.29) is 23.7 Å². The van der Waals surface area contributed by atoms with E-state index in [4.69, 9.17) is 0 Å². The number of benzene rings is 1. The largest absolute Gasteiger partial charge is 0.353 e. The number of halogens is 1. The Hall–Kier alpha value is -1.91. The number of carbonyl (C=O) groups is 2. The molecular weight excluding hydrogens is 271 g/mol. The van der Waals surface area contributed by atoms with Gasteiger partial charge in [0.2, 0.25) is 11.8 Å². The van der Waals surface area contributed by atoms with E-state index in [0.29, 0.717) is 18.7 Å². The van der Waals surface area contributed by atoms with Crippen LogP contribution in [0.4, 0.5) is 10.1 Å². The normalized spacial score (nSPS) is 22.8. The number of carbonyl (C=O) groups excluding carboxylic acids is 2. The van der Waals surface area contributed by atoms with Crippen LogP contribution in [0.5, 0.6) is 0 Å². The van der Waals surface area contributed by atoms with Gasteiger partial charge in [0, 0.05) is 18.3 Å². The van der Waals surface area contributed by atoms with Crippen LogP contribution in [0.25, 0.3) is 0 Å². The van der Waals surface area contributed by atoms with Gasteiger partial charge in [0.05, 0.1) is 0 Å². The average Bonchev–Trinajstić information content (AvgIpc) is 3.09. The van der Waals surface area contributed by atoms with Crippen LogP contribution in [-0.4, -0.2) is 24.4 Å². The molecule has 1 aliphatic carbocycles. The summed E-state index contributed by atoms with van der Waals surface area (Å²) < 4.78 is 12.9. The molecule has 1 aliphatic heterocycles. The molecule has 21 heavy (non-hydrogen) atoms. The third kappa shape index (κ3) is 2.91. The number of hydrogen-bond acceptors (Lipinski definition) is 2. The van der Waals surface area contributed by atoms with Gasteiger partial charge >= 0.3 is 0 Å². The van der Waals surface area contributed by atoms with Crippen LogP contribution in [0.1, 0.15) is 32.1 Å². The predicted molar refractivity (Wildman–Crippen MR) is 77.3 cm³/mol. The van der Waals surface area contributed by atoms with Crippen molar-refractivity contribution in [2.75, 3.05) is 11.4 Å². The van der Waals surface area contributed by atoms with Crippen molar-refractivity contribution in [1.82, 2.24) is 5.32 Å². The monoisotopic (exact) mass is 290 g/mol. The minimum atomic E-state index is -0.601. The van der Waals surface area contributed by atoms with E-state index in [1.54, 1.807) is 17.0 Å². The highest BCUT2D eigenvalue weighted by Crippen LogP contribution is 2.26. The number of amides is 2. The summed E-state index contributed by atoms with van der Waals surface area (Å²) in [5.74, 6) is -1.27. The van der Waals surface area contributed by atoms with Gasteiger partial charge in [-0.15, -0.1) is 0 Å². The molecule has 0 aromatic heterocycles. The Balaban J connectivity index is 1.65. The second-order valence-electron chi connectivity index (χ2n) is 5.80. The zero-order valence-electron chi connectivity index (χ0n) is 11.8. The predicted octanol–water partition coefficient (Wildman–Crippen LogP) is 2.24. The van der Waals surface area contributed by atoms with E-state index in [1.165, 1.54) is 12.1 Å². The molecule has 1 atom stereocenters. The Bertz CT molecular complexity index is 538. The molecule has 1 heterocycles. The highest BCUT2D eigenvalue weighted by atomic mass is 19.1. The molecule has 0 unspecified atom stereocenters. The number of rotatable bonds is 3. The van der Waals surface area contributed by atoms with Gasteiger partial charge in [0.15, 0.2) is 0 Å². The van der Waals surface area contributed by atoms with Crippen molar-refractivity contribution in [2.24, 2.45) is 5.92 Å². The second kappa shape index (κ2) is 5.84. The van der Waals surface area contributed by atoms with Crippen LogP contribution in [0.2, 0.25) is 0 Å². The summed E-state index contributed by atoms with van der Waals surface area (Å²) in [6.07, 6.45) is 4.83. The van der Waals surface area contributed by atoms with Crippen molar-refractivity contribution in [1.29, 1.82) is 0 Å². The maximum Gasteiger partial charge on any atom is 0.239 e. The van der Waals surface area contributed by atoms with Gasteiger partial charge in [0.1, 0.15) is 11.7 Å². The van der Waals surface area contributed by atoms with Crippen molar-refractivity contribution < 1.29 is 14.0 Å². The van der Waals surface area contributed by atoms with Crippen LogP contribution in [-0.2, 0) is 9.59 Å². The molecule has 112 valence electrons. The first kappa shape index (κ1) is 14.0. The molecule has 0 bridgehead atoms. The third-order valence-corrected chi connectivity index (χ3v) is 4.36. The van der Waals surface area contributed by atoms with Crippen LogP contribution in [0.15, 0.2) is 24.3 Å². The van der Waals surface area contributed by atoms with Crippen LogP contribution < -0.4 is 10.2 Å². The Morgan fingerprint density at radius 2 is 1.81 bits per heavy atom. The Labute approximate surface area is 123 Å². The Morgan fingerprint density at radius 1 is 1.14 bits per heavy atom. The van der Waals surface area contributed by atoms with Gasteiger partial charge in [-0.25, -0.2) is 4.39 Å². The third-order valence-electron chi connectivity index (χ3n) is 4.36. The number of nitrogens with one attached hydrogen (secondary N) is 1. The summed E-state index contributed by atoms with van der Waals surface area (Å²) in [7, 11) is 0. The first-order valence-electron chi connectivity index (χ1n) is 7.52. The van der Waals surface area contributed by atoms with E-state index >= 15 is 0 Å². The fourth-order valence-electron chi connectivity index (χ4n) is 3.17. The lowest BCUT2D eigenvalue weighted by Crippen LogP contribution is -2.40. The van der Waals surface area contributed by atoms with Crippen molar-refractivity contribution >= 4 is 17.5 Å². The van der Waals surface area contributed by atoms with Gasteiger partial charge < -0.3 is 10.2 Å². The van der Waals surface area contributed by atoms with Crippen molar-refractivity contribution in [3.8, 4) is 0 Å². The summed E-state index contributed by atoms with van der Waals surface area (Å²) in [6, 6.07) is 6.03. The van der Waals surface area contributed by atoms with Crippen molar-refractivity contribution in [3.05, 3.63) is 30.1 Å². The van der Waals surface area contributed by atoms with E-state index in [1.807, 2.05) is 0 Å². The smallest absolute Gasteiger partial charge is 0.239 e. The topological polar surface area (TPSA) is 49.4 Å². The highest BCUT2D eigenvalue weighted by molar-refractivity contribution is 6.09. The maximum atomic E-state index is 12.9. The number of anilines is 1.